The van der Waals surface area contributed by atoms with Gasteiger partial charge in [-0.3, -0.25) is 4.79 Å². The number of carbonyl (C=O) groups excluding carboxylic acids is 1. The van der Waals surface area contributed by atoms with Gasteiger partial charge in [0, 0.05) is 24.4 Å². The van der Waals surface area contributed by atoms with Gasteiger partial charge in [0.25, 0.3) is 5.91 Å². The Morgan fingerprint density at radius 2 is 1.80 bits per heavy atom. The third-order valence-corrected chi connectivity index (χ3v) is 3.89. The number of hydrogen-bond donors (Lipinski definition) is 2. The molecule has 0 saturated carbocycles. The fourth-order valence-electron chi connectivity index (χ4n) is 2.51. The smallest absolute Gasteiger partial charge is 0.257 e. The lowest BCUT2D eigenvalue weighted by Gasteiger charge is -2.03. The summed E-state index contributed by atoms with van der Waals surface area (Å²) in [5.74, 6) is 0.0549. The van der Waals surface area contributed by atoms with Crippen molar-refractivity contribution in [2.24, 2.45) is 5.73 Å². The average Bonchev–Trinajstić information content (AvgIpc) is 3.05. The van der Waals surface area contributed by atoms with Crippen LogP contribution in [-0.2, 0) is 0 Å². The first kappa shape index (κ1) is 16.5. The first-order valence-corrected chi connectivity index (χ1v) is 7.91. The van der Waals surface area contributed by atoms with Crippen LogP contribution in [-0.4, -0.2) is 18.1 Å². The first-order chi connectivity index (χ1) is 12.1. The highest BCUT2D eigenvalue weighted by Gasteiger charge is 2.22. The number of rotatable bonds is 4. The largest absolute Gasteiger partial charge is 0.398 e. The van der Waals surface area contributed by atoms with E-state index in [4.69, 9.17) is 10.3 Å². The van der Waals surface area contributed by atoms with Crippen molar-refractivity contribution in [2.45, 2.75) is 6.92 Å². The number of nitrogens with one attached hydrogen (secondary N) is 1. The second kappa shape index (κ2) is 7.05. The van der Waals surface area contributed by atoms with E-state index in [-0.39, 0.29) is 5.91 Å². The predicted molar refractivity (Wildman–Crippen MR) is 98.6 cm³/mol. The van der Waals surface area contributed by atoms with Crippen molar-refractivity contribution in [3.8, 4) is 11.3 Å². The number of nitrogens with two attached hydrogens (primary N) is 1. The van der Waals surface area contributed by atoms with Crippen molar-refractivity contribution in [2.75, 3.05) is 7.05 Å². The van der Waals surface area contributed by atoms with Crippen LogP contribution in [0.3, 0.4) is 0 Å². The van der Waals surface area contributed by atoms with Gasteiger partial charge in [-0.15, -0.1) is 0 Å². The molecule has 5 heteroatoms. The minimum atomic E-state index is -0.275. The Hall–Kier alpha value is -3.34. The Morgan fingerprint density at radius 3 is 2.44 bits per heavy atom. The third kappa shape index (κ3) is 3.45. The van der Waals surface area contributed by atoms with Crippen LogP contribution in [0.4, 0.5) is 0 Å². The predicted octanol–water partition coefficient (Wildman–Crippen LogP) is 3.47. The molecule has 3 rings (SSSR count). The molecule has 1 aromatic heterocycles. The maximum absolute atomic E-state index is 12.4. The van der Waals surface area contributed by atoms with Gasteiger partial charge in [-0.05, 0) is 12.5 Å². The van der Waals surface area contributed by atoms with Crippen molar-refractivity contribution in [3.05, 3.63) is 77.0 Å². The Bertz CT molecular complexity index is 910. The molecule has 0 radical (unpaired) electrons. The van der Waals surface area contributed by atoms with Crippen LogP contribution in [0.15, 0.2) is 59.1 Å². The summed E-state index contributed by atoms with van der Waals surface area (Å²) in [7, 11) is 1.57. The zero-order valence-corrected chi connectivity index (χ0v) is 14.1. The van der Waals surface area contributed by atoms with Crippen LogP contribution in [0, 0.1) is 6.92 Å². The van der Waals surface area contributed by atoms with Gasteiger partial charge in [-0.2, -0.15) is 0 Å². The molecule has 0 aliphatic carbocycles. The maximum atomic E-state index is 12.4. The van der Waals surface area contributed by atoms with E-state index in [1.165, 1.54) is 0 Å². The molecule has 0 bridgehead atoms. The zero-order valence-electron chi connectivity index (χ0n) is 14.1. The highest BCUT2D eigenvalue weighted by molar-refractivity contribution is 6.03. The lowest BCUT2D eigenvalue weighted by atomic mass is 10.0. The van der Waals surface area contributed by atoms with Crippen LogP contribution in [0.5, 0.6) is 0 Å². The topological polar surface area (TPSA) is 81.2 Å². The van der Waals surface area contributed by atoms with Crippen molar-refractivity contribution >= 4 is 17.7 Å². The van der Waals surface area contributed by atoms with Gasteiger partial charge in [0.15, 0.2) is 5.76 Å². The molecule has 0 fully saturated rings. The fraction of sp³-hybridized carbons (Fsp3) is 0.100. The number of aromatic nitrogens is 1. The molecule has 0 spiro atoms. The van der Waals surface area contributed by atoms with Crippen LogP contribution < -0.4 is 11.1 Å². The van der Waals surface area contributed by atoms with Gasteiger partial charge in [-0.25, -0.2) is 0 Å². The van der Waals surface area contributed by atoms with E-state index in [1.54, 1.807) is 13.1 Å². The molecule has 3 aromatic rings. The Labute approximate surface area is 146 Å². The second-order valence-electron chi connectivity index (χ2n) is 5.68. The molecule has 0 atom stereocenters. The minimum Gasteiger partial charge on any atom is -0.398 e. The molecule has 0 saturated heterocycles. The molecule has 126 valence electrons. The molecular weight excluding hydrogens is 314 g/mol. The number of benzene rings is 2. The molecule has 1 heterocycles. The van der Waals surface area contributed by atoms with Gasteiger partial charge >= 0.3 is 0 Å². The molecule has 5 nitrogen and oxygen atoms in total. The second-order valence-corrected chi connectivity index (χ2v) is 5.68. The van der Waals surface area contributed by atoms with Gasteiger partial charge in [0.05, 0.1) is 0 Å². The van der Waals surface area contributed by atoms with Gasteiger partial charge < -0.3 is 15.6 Å². The van der Waals surface area contributed by atoms with Crippen molar-refractivity contribution < 1.29 is 9.32 Å². The van der Waals surface area contributed by atoms with E-state index < -0.39 is 0 Å². The van der Waals surface area contributed by atoms with E-state index in [9.17, 15) is 4.79 Å². The number of carbonyl (C=O) groups is 1. The van der Waals surface area contributed by atoms with Gasteiger partial charge in [0.1, 0.15) is 11.3 Å². The summed E-state index contributed by atoms with van der Waals surface area (Å²) >= 11 is 0. The third-order valence-electron chi connectivity index (χ3n) is 3.89. The number of hydrogen-bond acceptors (Lipinski definition) is 4. The normalized spacial score (nSPS) is 11.4. The minimum absolute atomic E-state index is 0.275. The fourth-order valence-corrected chi connectivity index (χ4v) is 2.51. The monoisotopic (exact) mass is 333 g/mol. The lowest BCUT2D eigenvalue weighted by molar-refractivity contribution is 0.0963. The van der Waals surface area contributed by atoms with E-state index >= 15 is 0 Å². The summed E-state index contributed by atoms with van der Waals surface area (Å²) in [4.78, 5) is 12.4. The van der Waals surface area contributed by atoms with Crippen LogP contribution in [0.1, 0.15) is 27.2 Å². The van der Waals surface area contributed by atoms with Crippen LogP contribution in [0.25, 0.3) is 23.0 Å². The summed E-state index contributed by atoms with van der Waals surface area (Å²) in [5.41, 5.74) is 10.3. The molecule has 1 amide bonds. The highest BCUT2D eigenvalue weighted by Crippen LogP contribution is 2.27. The molecule has 3 N–H and O–H groups in total. The van der Waals surface area contributed by atoms with E-state index in [0.29, 0.717) is 22.7 Å². The van der Waals surface area contributed by atoms with Crippen molar-refractivity contribution in [1.29, 1.82) is 0 Å². The average molecular weight is 333 g/mol. The number of aryl methyl sites for hydroxylation is 1. The SMILES string of the molecule is CNC(=O)c1c(-c2ccccc2)noc1/C=C(\N)c1ccc(C)cc1. The molecule has 0 aliphatic heterocycles. The Balaban J connectivity index is 2.07. The van der Waals surface area contributed by atoms with Crippen molar-refractivity contribution in [1.82, 2.24) is 10.5 Å². The van der Waals surface area contributed by atoms with E-state index in [0.717, 1.165) is 16.7 Å². The lowest BCUT2D eigenvalue weighted by Crippen LogP contribution is -2.19. The number of amides is 1. The molecule has 25 heavy (non-hydrogen) atoms. The van der Waals surface area contributed by atoms with E-state index in [1.807, 2.05) is 61.5 Å². The van der Waals surface area contributed by atoms with Crippen LogP contribution >= 0.6 is 0 Å². The molecular formula is C20H19N3O2. The van der Waals surface area contributed by atoms with E-state index in [2.05, 4.69) is 10.5 Å². The zero-order chi connectivity index (χ0) is 17.8. The maximum Gasteiger partial charge on any atom is 0.257 e. The van der Waals surface area contributed by atoms with Gasteiger partial charge in [0.2, 0.25) is 0 Å². The molecule has 0 aliphatic rings. The standard InChI is InChI=1S/C20H19N3O2/c1-13-8-10-14(11-9-13)16(21)12-17-18(20(24)22-2)19(23-25-17)15-6-4-3-5-7-15/h3-12H,21H2,1-2H3,(H,22,24)/b16-12-. The summed E-state index contributed by atoms with van der Waals surface area (Å²) in [6.07, 6.45) is 1.63. The summed E-state index contributed by atoms with van der Waals surface area (Å²) < 4.78 is 5.42. The quantitative estimate of drug-likeness (QED) is 0.766. The number of nitrogens with zero attached hydrogens (tertiary/aromatic N) is 1. The Kier molecular flexibility index (Phi) is 4.66. The summed E-state index contributed by atoms with van der Waals surface area (Å²) in [6.45, 7) is 2.01. The highest BCUT2D eigenvalue weighted by atomic mass is 16.5. The van der Waals surface area contributed by atoms with Crippen LogP contribution in [0.2, 0.25) is 0 Å². The first-order valence-electron chi connectivity index (χ1n) is 7.91. The summed E-state index contributed by atoms with van der Waals surface area (Å²) in [6, 6.07) is 17.2. The molecule has 0 unspecified atom stereocenters. The van der Waals surface area contributed by atoms with Crippen molar-refractivity contribution in [3.63, 3.8) is 0 Å². The summed E-state index contributed by atoms with van der Waals surface area (Å²) in [5, 5.41) is 6.71. The molecule has 2 aromatic carbocycles. The Morgan fingerprint density at radius 1 is 1.12 bits per heavy atom. The van der Waals surface area contributed by atoms with Gasteiger partial charge in [-0.1, -0.05) is 65.3 Å².